The molecule has 1 aromatic carbocycles. The number of hydrogen-bond donors (Lipinski definition) is 1. The summed E-state index contributed by atoms with van der Waals surface area (Å²) in [6.45, 7) is 8.37. The van der Waals surface area contributed by atoms with Crippen molar-refractivity contribution in [3.63, 3.8) is 0 Å². The third-order valence-corrected chi connectivity index (χ3v) is 2.90. The Balaban J connectivity index is 2.44. The van der Waals surface area contributed by atoms with E-state index >= 15 is 0 Å². The predicted molar refractivity (Wildman–Crippen MR) is 67.7 cm³/mol. The minimum Gasteiger partial charge on any atom is -0.464 e. The van der Waals surface area contributed by atoms with E-state index in [1.807, 2.05) is 6.26 Å². The third-order valence-electron chi connectivity index (χ3n) is 2.90. The Kier molecular flexibility index (Phi) is 3.30. The highest BCUT2D eigenvalue weighted by Crippen LogP contribution is 2.28. The molecular formula is C14H19NO. The van der Waals surface area contributed by atoms with Crippen molar-refractivity contribution in [2.24, 2.45) is 0 Å². The van der Waals surface area contributed by atoms with Gasteiger partial charge in [-0.1, -0.05) is 39.0 Å². The van der Waals surface area contributed by atoms with E-state index in [2.05, 4.69) is 44.3 Å². The van der Waals surface area contributed by atoms with E-state index in [1.54, 1.807) is 0 Å². The van der Waals surface area contributed by atoms with Crippen molar-refractivity contribution in [2.75, 3.05) is 6.54 Å². The fourth-order valence-electron chi connectivity index (χ4n) is 1.98. The summed E-state index contributed by atoms with van der Waals surface area (Å²) in [5.41, 5.74) is 3.59. The number of furan rings is 1. The molecule has 0 saturated heterocycles. The first-order chi connectivity index (χ1) is 7.74. The molecule has 0 atom stereocenters. The van der Waals surface area contributed by atoms with Crippen LogP contribution in [0.5, 0.6) is 0 Å². The molecule has 0 aliphatic heterocycles. The van der Waals surface area contributed by atoms with Gasteiger partial charge in [-0.3, -0.25) is 0 Å². The second-order valence-corrected chi connectivity index (χ2v) is 4.42. The van der Waals surface area contributed by atoms with E-state index in [-0.39, 0.29) is 0 Å². The lowest BCUT2D eigenvalue weighted by Gasteiger charge is -2.05. The monoisotopic (exact) mass is 217 g/mol. The molecule has 0 bridgehead atoms. The summed E-state index contributed by atoms with van der Waals surface area (Å²) in [6, 6.07) is 6.40. The van der Waals surface area contributed by atoms with E-state index < -0.39 is 0 Å². The van der Waals surface area contributed by atoms with Crippen LogP contribution in [0, 0.1) is 0 Å². The highest BCUT2D eigenvalue weighted by atomic mass is 16.3. The molecule has 1 N–H and O–H groups in total. The summed E-state index contributed by atoms with van der Waals surface area (Å²) < 4.78 is 5.70. The summed E-state index contributed by atoms with van der Waals surface area (Å²) in [6.07, 6.45) is 1.87. The van der Waals surface area contributed by atoms with Crippen LogP contribution in [0.4, 0.5) is 0 Å². The van der Waals surface area contributed by atoms with E-state index in [0.29, 0.717) is 5.92 Å². The Morgan fingerprint density at radius 3 is 2.81 bits per heavy atom. The van der Waals surface area contributed by atoms with Gasteiger partial charge in [-0.25, -0.2) is 0 Å². The number of benzene rings is 1. The molecule has 2 rings (SSSR count). The van der Waals surface area contributed by atoms with Gasteiger partial charge in [0.15, 0.2) is 0 Å². The van der Waals surface area contributed by atoms with Gasteiger partial charge in [-0.2, -0.15) is 0 Å². The van der Waals surface area contributed by atoms with Crippen molar-refractivity contribution >= 4 is 11.0 Å². The Hall–Kier alpha value is -1.28. The maximum absolute atomic E-state index is 5.70. The lowest BCUT2D eigenvalue weighted by atomic mass is 10.0. The Morgan fingerprint density at radius 2 is 2.12 bits per heavy atom. The minimum atomic E-state index is 0.502. The minimum absolute atomic E-state index is 0.502. The molecule has 0 spiro atoms. The average molecular weight is 217 g/mol. The molecule has 0 aliphatic rings. The molecule has 16 heavy (non-hydrogen) atoms. The van der Waals surface area contributed by atoms with Crippen molar-refractivity contribution in [3.8, 4) is 0 Å². The van der Waals surface area contributed by atoms with E-state index in [0.717, 1.165) is 18.7 Å². The van der Waals surface area contributed by atoms with E-state index in [9.17, 15) is 0 Å². The molecule has 0 amide bonds. The lowest BCUT2D eigenvalue weighted by Crippen LogP contribution is -2.11. The van der Waals surface area contributed by atoms with Crippen LogP contribution in [0.25, 0.3) is 11.0 Å². The summed E-state index contributed by atoms with van der Waals surface area (Å²) in [4.78, 5) is 0. The van der Waals surface area contributed by atoms with Gasteiger partial charge in [0.05, 0.1) is 6.26 Å². The fraction of sp³-hybridized carbons (Fsp3) is 0.429. The molecular weight excluding hydrogens is 198 g/mol. The van der Waals surface area contributed by atoms with Crippen LogP contribution >= 0.6 is 0 Å². The first kappa shape index (κ1) is 11.2. The van der Waals surface area contributed by atoms with E-state index in [4.69, 9.17) is 4.42 Å². The van der Waals surface area contributed by atoms with Crippen molar-refractivity contribution < 1.29 is 4.42 Å². The van der Waals surface area contributed by atoms with Crippen molar-refractivity contribution in [2.45, 2.75) is 33.2 Å². The Morgan fingerprint density at radius 1 is 1.31 bits per heavy atom. The second-order valence-electron chi connectivity index (χ2n) is 4.42. The smallest absolute Gasteiger partial charge is 0.137 e. The molecule has 0 radical (unpaired) electrons. The van der Waals surface area contributed by atoms with Gasteiger partial charge < -0.3 is 9.73 Å². The Bertz CT molecular complexity index is 471. The summed E-state index contributed by atoms with van der Waals surface area (Å²) in [5.74, 6) is 0.502. The zero-order valence-electron chi connectivity index (χ0n) is 10.2. The SMILES string of the molecule is CCNCc1coc2c(C(C)C)cccc12. The average Bonchev–Trinajstić information content (AvgIpc) is 2.69. The number of hydrogen-bond acceptors (Lipinski definition) is 2. The number of fused-ring (bicyclic) bond motifs is 1. The first-order valence-electron chi connectivity index (χ1n) is 5.93. The number of rotatable bonds is 4. The second kappa shape index (κ2) is 4.71. The van der Waals surface area contributed by atoms with Crippen LogP contribution in [0.3, 0.4) is 0 Å². The normalized spacial score (nSPS) is 11.5. The quantitative estimate of drug-likeness (QED) is 0.845. The molecule has 0 saturated carbocycles. The van der Waals surface area contributed by atoms with Crippen LogP contribution < -0.4 is 5.32 Å². The standard InChI is InChI=1S/C14H19NO/c1-4-15-8-11-9-16-14-12(10(2)3)6-5-7-13(11)14/h5-7,9-10,15H,4,8H2,1-3H3. The molecule has 0 unspecified atom stereocenters. The topological polar surface area (TPSA) is 25.2 Å². The zero-order chi connectivity index (χ0) is 11.5. The third kappa shape index (κ3) is 1.98. The number of nitrogens with one attached hydrogen (secondary N) is 1. The van der Waals surface area contributed by atoms with Crippen LogP contribution in [0.1, 0.15) is 37.8 Å². The van der Waals surface area contributed by atoms with Crippen molar-refractivity contribution in [3.05, 3.63) is 35.6 Å². The van der Waals surface area contributed by atoms with E-state index in [1.165, 1.54) is 16.5 Å². The lowest BCUT2D eigenvalue weighted by molar-refractivity contribution is 0.597. The van der Waals surface area contributed by atoms with Gasteiger partial charge in [-0.15, -0.1) is 0 Å². The summed E-state index contributed by atoms with van der Waals surface area (Å²) >= 11 is 0. The van der Waals surface area contributed by atoms with Gasteiger partial charge in [0.25, 0.3) is 0 Å². The predicted octanol–water partition coefficient (Wildman–Crippen LogP) is 3.67. The molecule has 0 fully saturated rings. The van der Waals surface area contributed by atoms with Crippen molar-refractivity contribution in [1.29, 1.82) is 0 Å². The largest absolute Gasteiger partial charge is 0.464 e. The molecule has 86 valence electrons. The molecule has 1 heterocycles. The van der Waals surface area contributed by atoms with Gasteiger partial charge >= 0.3 is 0 Å². The first-order valence-corrected chi connectivity index (χ1v) is 5.93. The van der Waals surface area contributed by atoms with Crippen LogP contribution in [-0.2, 0) is 6.54 Å². The molecule has 1 aromatic heterocycles. The molecule has 0 aliphatic carbocycles. The molecule has 2 nitrogen and oxygen atoms in total. The fourth-order valence-corrected chi connectivity index (χ4v) is 1.98. The van der Waals surface area contributed by atoms with Gasteiger partial charge in [0.1, 0.15) is 5.58 Å². The molecule has 2 aromatic rings. The maximum atomic E-state index is 5.70. The highest BCUT2D eigenvalue weighted by molar-refractivity contribution is 5.84. The van der Waals surface area contributed by atoms with Gasteiger partial charge in [-0.05, 0) is 18.0 Å². The summed E-state index contributed by atoms with van der Waals surface area (Å²) in [5, 5.41) is 4.57. The number of para-hydroxylation sites is 1. The highest BCUT2D eigenvalue weighted by Gasteiger charge is 2.11. The summed E-state index contributed by atoms with van der Waals surface area (Å²) in [7, 11) is 0. The van der Waals surface area contributed by atoms with Crippen LogP contribution in [0.2, 0.25) is 0 Å². The van der Waals surface area contributed by atoms with Crippen LogP contribution in [0.15, 0.2) is 28.9 Å². The molecule has 2 heteroatoms. The van der Waals surface area contributed by atoms with Crippen molar-refractivity contribution in [1.82, 2.24) is 5.32 Å². The maximum Gasteiger partial charge on any atom is 0.137 e. The van der Waals surface area contributed by atoms with Gasteiger partial charge in [0, 0.05) is 17.5 Å². The van der Waals surface area contributed by atoms with Crippen LogP contribution in [-0.4, -0.2) is 6.54 Å². The zero-order valence-corrected chi connectivity index (χ0v) is 10.2. The Labute approximate surface area is 96.6 Å². The van der Waals surface area contributed by atoms with Gasteiger partial charge in [0.2, 0.25) is 0 Å².